The second kappa shape index (κ2) is 8.72. The van der Waals surface area contributed by atoms with Crippen LogP contribution in [0, 0.1) is 12.7 Å². The molecule has 0 radical (unpaired) electrons. The third-order valence-corrected chi connectivity index (χ3v) is 5.55. The Kier molecular flexibility index (Phi) is 5.88. The number of hydrogen-bond donors (Lipinski definition) is 3. The molecule has 0 bridgehead atoms. The molecule has 150 valence electrons. The number of amides is 1. The monoisotopic (exact) mass is 391 g/mol. The first-order chi connectivity index (χ1) is 14.1. The number of nitrogens with one attached hydrogen (secondary N) is 3. The van der Waals surface area contributed by atoms with Gasteiger partial charge in [-0.3, -0.25) is 4.79 Å². The lowest BCUT2D eigenvalue weighted by Crippen LogP contribution is -2.20. The molecular weight excluding hydrogens is 365 g/mol. The molecule has 2 heterocycles. The molecule has 2 aromatic carbocycles. The number of halogens is 1. The zero-order chi connectivity index (χ0) is 20.2. The molecule has 4 rings (SSSR count). The van der Waals surface area contributed by atoms with Gasteiger partial charge in [-0.1, -0.05) is 24.3 Å². The van der Waals surface area contributed by atoms with Crippen LogP contribution >= 0.6 is 0 Å². The van der Waals surface area contributed by atoms with Crippen LogP contribution in [0.3, 0.4) is 0 Å². The molecule has 0 aromatic heterocycles. The number of hydrogen-bond acceptors (Lipinski definition) is 3. The Morgan fingerprint density at radius 1 is 0.966 bits per heavy atom. The zero-order valence-electron chi connectivity index (χ0n) is 16.6. The van der Waals surface area contributed by atoms with Crippen LogP contribution in [-0.2, 0) is 0 Å². The second-order valence-electron chi connectivity index (χ2n) is 7.55. The minimum absolute atomic E-state index is 0.299. The highest BCUT2D eigenvalue weighted by Gasteiger charge is 2.15. The average Bonchev–Trinajstić information content (AvgIpc) is 2.76. The molecule has 0 unspecified atom stereocenters. The van der Waals surface area contributed by atoms with Crippen LogP contribution in [0.25, 0.3) is 11.1 Å². The first-order valence-electron chi connectivity index (χ1n) is 10.1. The Labute approximate surface area is 170 Å². The molecule has 29 heavy (non-hydrogen) atoms. The lowest BCUT2D eigenvalue weighted by Gasteiger charge is -2.17. The summed E-state index contributed by atoms with van der Waals surface area (Å²) in [6, 6.07) is 10.8. The van der Waals surface area contributed by atoms with Crippen molar-refractivity contribution in [3.05, 3.63) is 76.6 Å². The van der Waals surface area contributed by atoms with E-state index in [1.54, 1.807) is 12.1 Å². The highest BCUT2D eigenvalue weighted by atomic mass is 19.1. The average molecular weight is 391 g/mol. The Morgan fingerprint density at radius 3 is 2.31 bits per heavy atom. The topological polar surface area (TPSA) is 53.2 Å². The molecule has 0 saturated heterocycles. The Morgan fingerprint density at radius 2 is 1.69 bits per heavy atom. The standard InChI is InChI=1S/C24H26FN3O/c1-16-14-19(17-6-10-26-11-7-17)3-5-23(16)28-24(29)20-2-4-21(22(25)15-20)18-8-12-27-13-9-18/h2-6,8,14-15,26-27H,7,9-13H2,1H3,(H,28,29). The molecule has 2 aromatic rings. The molecule has 0 spiro atoms. The fourth-order valence-electron chi connectivity index (χ4n) is 3.87. The molecule has 2 aliphatic rings. The first kappa shape index (κ1) is 19.6. The minimum atomic E-state index is -0.351. The molecule has 1 amide bonds. The lowest BCUT2D eigenvalue weighted by molar-refractivity contribution is 0.102. The van der Waals surface area contributed by atoms with Gasteiger partial charge in [0.25, 0.3) is 5.91 Å². The van der Waals surface area contributed by atoms with E-state index in [-0.39, 0.29) is 11.7 Å². The summed E-state index contributed by atoms with van der Waals surface area (Å²) in [4.78, 5) is 12.7. The van der Waals surface area contributed by atoms with E-state index in [4.69, 9.17) is 0 Å². The number of carbonyl (C=O) groups is 1. The fraction of sp³-hybridized carbons (Fsp3) is 0.292. The lowest BCUT2D eigenvalue weighted by atomic mass is 9.97. The van der Waals surface area contributed by atoms with E-state index in [2.05, 4.69) is 28.1 Å². The van der Waals surface area contributed by atoms with Crippen LogP contribution in [0.15, 0.2) is 48.6 Å². The normalized spacial score (nSPS) is 16.8. The minimum Gasteiger partial charge on any atom is -0.322 e. The third-order valence-electron chi connectivity index (χ3n) is 5.55. The van der Waals surface area contributed by atoms with Crippen LogP contribution in [0.1, 0.15) is 39.9 Å². The van der Waals surface area contributed by atoms with Crippen LogP contribution in [-0.4, -0.2) is 32.1 Å². The number of anilines is 1. The van der Waals surface area contributed by atoms with E-state index < -0.39 is 0 Å². The van der Waals surface area contributed by atoms with Crippen LogP contribution in [0.2, 0.25) is 0 Å². The van der Waals surface area contributed by atoms with Crippen molar-refractivity contribution in [1.82, 2.24) is 10.6 Å². The summed E-state index contributed by atoms with van der Waals surface area (Å²) >= 11 is 0. The summed E-state index contributed by atoms with van der Waals surface area (Å²) in [6.07, 6.45) is 6.01. The second-order valence-corrected chi connectivity index (χ2v) is 7.55. The first-order valence-corrected chi connectivity index (χ1v) is 10.1. The summed E-state index contributed by atoms with van der Waals surface area (Å²) in [5.74, 6) is -0.651. The molecule has 2 aliphatic heterocycles. The Hall–Kier alpha value is -2.76. The fourth-order valence-corrected chi connectivity index (χ4v) is 3.87. The van der Waals surface area contributed by atoms with Crippen LogP contribution in [0.4, 0.5) is 10.1 Å². The van der Waals surface area contributed by atoms with E-state index in [1.807, 2.05) is 25.1 Å². The summed E-state index contributed by atoms with van der Waals surface area (Å²) in [5, 5.41) is 9.46. The van der Waals surface area contributed by atoms with Gasteiger partial charge < -0.3 is 16.0 Å². The van der Waals surface area contributed by atoms with E-state index in [0.29, 0.717) is 11.1 Å². The number of carbonyl (C=O) groups excluding carboxylic acids is 1. The van der Waals surface area contributed by atoms with Crippen molar-refractivity contribution in [2.75, 3.05) is 31.5 Å². The molecule has 0 saturated carbocycles. The third kappa shape index (κ3) is 4.47. The summed E-state index contributed by atoms with van der Waals surface area (Å²) < 4.78 is 14.6. The van der Waals surface area contributed by atoms with Crippen molar-refractivity contribution in [2.45, 2.75) is 19.8 Å². The quantitative estimate of drug-likeness (QED) is 0.734. The van der Waals surface area contributed by atoms with Crippen molar-refractivity contribution in [3.8, 4) is 0 Å². The van der Waals surface area contributed by atoms with Gasteiger partial charge in [-0.15, -0.1) is 0 Å². The highest BCUT2D eigenvalue weighted by molar-refractivity contribution is 6.05. The van der Waals surface area contributed by atoms with Gasteiger partial charge >= 0.3 is 0 Å². The molecule has 5 heteroatoms. The maximum atomic E-state index is 14.6. The van der Waals surface area contributed by atoms with Gasteiger partial charge in [0.15, 0.2) is 0 Å². The molecule has 0 aliphatic carbocycles. The largest absolute Gasteiger partial charge is 0.322 e. The number of rotatable bonds is 4. The zero-order valence-corrected chi connectivity index (χ0v) is 16.6. The van der Waals surface area contributed by atoms with E-state index in [0.717, 1.165) is 55.8 Å². The van der Waals surface area contributed by atoms with Gasteiger partial charge in [0.05, 0.1) is 0 Å². The molecular formula is C24H26FN3O. The van der Waals surface area contributed by atoms with E-state index >= 15 is 0 Å². The smallest absolute Gasteiger partial charge is 0.255 e. The summed E-state index contributed by atoms with van der Waals surface area (Å²) in [5.41, 5.74) is 6.16. The van der Waals surface area contributed by atoms with Gasteiger partial charge in [0.1, 0.15) is 5.82 Å². The van der Waals surface area contributed by atoms with E-state index in [9.17, 15) is 9.18 Å². The van der Waals surface area contributed by atoms with Crippen molar-refractivity contribution in [3.63, 3.8) is 0 Å². The molecule has 0 atom stereocenters. The maximum Gasteiger partial charge on any atom is 0.255 e. The highest BCUT2D eigenvalue weighted by Crippen LogP contribution is 2.26. The maximum absolute atomic E-state index is 14.6. The van der Waals surface area contributed by atoms with Crippen molar-refractivity contribution < 1.29 is 9.18 Å². The predicted octanol–water partition coefficient (Wildman–Crippen LogP) is 4.14. The molecule has 3 N–H and O–H groups in total. The Bertz CT molecular complexity index is 994. The van der Waals surface area contributed by atoms with Gasteiger partial charge in [0, 0.05) is 29.9 Å². The Balaban J connectivity index is 1.50. The van der Waals surface area contributed by atoms with Crippen LogP contribution < -0.4 is 16.0 Å². The van der Waals surface area contributed by atoms with Crippen molar-refractivity contribution in [1.29, 1.82) is 0 Å². The number of aryl methyl sites for hydroxylation is 1. The molecule has 0 fully saturated rings. The van der Waals surface area contributed by atoms with Gasteiger partial charge in [-0.2, -0.15) is 0 Å². The van der Waals surface area contributed by atoms with Gasteiger partial charge in [-0.25, -0.2) is 4.39 Å². The summed E-state index contributed by atoms with van der Waals surface area (Å²) in [6.45, 7) is 5.45. The van der Waals surface area contributed by atoms with Crippen LogP contribution in [0.5, 0.6) is 0 Å². The summed E-state index contributed by atoms with van der Waals surface area (Å²) in [7, 11) is 0. The SMILES string of the molecule is Cc1cc(C2=CCNCC2)ccc1NC(=O)c1ccc(C2=CCNCC2)c(F)c1. The number of benzene rings is 2. The predicted molar refractivity (Wildman–Crippen MR) is 116 cm³/mol. The van der Waals surface area contributed by atoms with Crippen molar-refractivity contribution >= 4 is 22.7 Å². The molecule has 4 nitrogen and oxygen atoms in total. The van der Waals surface area contributed by atoms with Crippen molar-refractivity contribution in [2.24, 2.45) is 0 Å². The van der Waals surface area contributed by atoms with Gasteiger partial charge in [0.2, 0.25) is 0 Å². The van der Waals surface area contributed by atoms with E-state index in [1.165, 1.54) is 17.2 Å². The van der Waals surface area contributed by atoms with Gasteiger partial charge in [-0.05, 0) is 79.4 Å².